The van der Waals surface area contributed by atoms with Crippen molar-refractivity contribution in [2.24, 2.45) is 0 Å². The molecule has 1 aromatic heterocycles. The molecule has 6 aromatic rings. The van der Waals surface area contributed by atoms with E-state index < -0.39 is 4.75 Å². The molecule has 4 heteroatoms. The van der Waals surface area contributed by atoms with Gasteiger partial charge in [0.2, 0.25) is 0 Å². The molecule has 0 spiro atoms. The van der Waals surface area contributed by atoms with Crippen LogP contribution in [-0.2, 0) is 16.1 Å². The van der Waals surface area contributed by atoms with E-state index in [1.54, 1.807) is 0 Å². The lowest BCUT2D eigenvalue weighted by Gasteiger charge is -2.37. The van der Waals surface area contributed by atoms with Gasteiger partial charge >= 0.3 is 0 Å². The number of ether oxygens (including phenoxy) is 1. The number of hydrogen-bond donors (Lipinski definition) is 0. The van der Waals surface area contributed by atoms with E-state index in [0.29, 0.717) is 13.2 Å². The van der Waals surface area contributed by atoms with Crippen molar-refractivity contribution in [3.8, 4) is 0 Å². The van der Waals surface area contributed by atoms with Gasteiger partial charge in [0.1, 0.15) is 0 Å². The minimum atomic E-state index is -0.391. The van der Waals surface area contributed by atoms with Gasteiger partial charge in [-0.2, -0.15) is 0 Å². The van der Waals surface area contributed by atoms with Gasteiger partial charge in [-0.15, -0.1) is 11.8 Å². The van der Waals surface area contributed by atoms with Crippen molar-refractivity contribution in [1.82, 2.24) is 9.55 Å². The fourth-order valence-electron chi connectivity index (χ4n) is 5.35. The van der Waals surface area contributed by atoms with E-state index in [-0.39, 0.29) is 6.04 Å². The first-order valence-corrected chi connectivity index (χ1v) is 14.7. The number of hydrogen-bond acceptors (Lipinski definition) is 3. The normalized spacial score (nSPS) is 12.4. The minimum Gasteiger partial charge on any atom is -0.375 e. The van der Waals surface area contributed by atoms with E-state index in [9.17, 15) is 0 Å². The van der Waals surface area contributed by atoms with Crippen LogP contribution < -0.4 is 0 Å². The second-order valence-electron chi connectivity index (χ2n) is 9.89. The zero-order valence-electron chi connectivity index (χ0n) is 22.3. The molecule has 0 N–H and O–H groups in total. The molecule has 0 amide bonds. The summed E-state index contributed by atoms with van der Waals surface area (Å²) < 4.78 is 8.27. The Labute approximate surface area is 240 Å². The summed E-state index contributed by atoms with van der Waals surface area (Å²) in [6.07, 6.45) is 1.97. The van der Waals surface area contributed by atoms with E-state index in [1.807, 2.05) is 30.2 Å². The molecule has 6 rings (SSSR count). The van der Waals surface area contributed by atoms with E-state index in [2.05, 4.69) is 138 Å². The molecular weight excluding hydrogens is 508 g/mol. The summed E-state index contributed by atoms with van der Waals surface area (Å²) in [6.45, 7) is 1.16. The highest BCUT2D eigenvalue weighted by Gasteiger charge is 2.37. The summed E-state index contributed by atoms with van der Waals surface area (Å²) in [7, 11) is 0. The van der Waals surface area contributed by atoms with Gasteiger partial charge in [0.15, 0.2) is 0 Å². The molecule has 0 aliphatic carbocycles. The number of fused-ring (bicyclic) bond motifs is 1. The fraction of sp³-hybridized carbons (Fsp3) is 0.139. The van der Waals surface area contributed by atoms with Crippen molar-refractivity contribution in [3.63, 3.8) is 0 Å². The average molecular weight is 541 g/mol. The quantitative estimate of drug-likeness (QED) is 0.154. The Morgan fingerprint density at radius 2 is 1.12 bits per heavy atom. The molecular formula is C36H32N2OS. The van der Waals surface area contributed by atoms with Crippen molar-refractivity contribution >= 4 is 22.8 Å². The van der Waals surface area contributed by atoms with Crippen molar-refractivity contribution < 1.29 is 4.74 Å². The lowest BCUT2D eigenvalue weighted by Crippen LogP contribution is -2.28. The van der Waals surface area contributed by atoms with Gasteiger partial charge in [-0.05, 0) is 34.4 Å². The van der Waals surface area contributed by atoms with E-state index >= 15 is 0 Å². The first kappa shape index (κ1) is 26.1. The number of imidazole rings is 1. The van der Waals surface area contributed by atoms with Crippen molar-refractivity contribution in [2.75, 3.05) is 12.4 Å². The van der Waals surface area contributed by atoms with Crippen LogP contribution in [0.15, 0.2) is 152 Å². The molecule has 0 radical (unpaired) electrons. The molecule has 0 aliphatic rings. The third kappa shape index (κ3) is 5.46. The molecule has 1 unspecified atom stereocenters. The van der Waals surface area contributed by atoms with E-state index in [4.69, 9.17) is 9.72 Å². The fourth-order valence-corrected chi connectivity index (χ4v) is 6.96. The van der Waals surface area contributed by atoms with Crippen LogP contribution in [0.1, 0.15) is 28.3 Å². The number of benzene rings is 5. The van der Waals surface area contributed by atoms with Crippen LogP contribution in [0.3, 0.4) is 0 Å². The highest BCUT2D eigenvalue weighted by molar-refractivity contribution is 8.00. The molecule has 0 fully saturated rings. The van der Waals surface area contributed by atoms with Crippen LogP contribution in [0.25, 0.3) is 11.0 Å². The number of rotatable bonds is 11. The van der Waals surface area contributed by atoms with E-state index in [0.717, 1.165) is 16.8 Å². The molecule has 0 saturated heterocycles. The van der Waals surface area contributed by atoms with Crippen molar-refractivity contribution in [1.29, 1.82) is 0 Å². The smallest absolute Gasteiger partial charge is 0.0962 e. The third-order valence-electron chi connectivity index (χ3n) is 7.33. The van der Waals surface area contributed by atoms with Crippen LogP contribution in [0, 0.1) is 0 Å². The van der Waals surface area contributed by atoms with Crippen LogP contribution in [-0.4, -0.2) is 21.9 Å². The molecule has 198 valence electrons. The Bertz CT molecular complexity index is 1520. The molecule has 3 nitrogen and oxygen atoms in total. The van der Waals surface area contributed by atoms with Crippen LogP contribution in [0.5, 0.6) is 0 Å². The molecule has 1 heterocycles. The van der Waals surface area contributed by atoms with Gasteiger partial charge in [-0.1, -0.05) is 133 Å². The zero-order valence-corrected chi connectivity index (χ0v) is 23.2. The first-order valence-electron chi connectivity index (χ1n) is 13.7. The third-order valence-corrected chi connectivity index (χ3v) is 9.02. The molecule has 0 bridgehead atoms. The Hall–Kier alpha value is -4.12. The van der Waals surface area contributed by atoms with Gasteiger partial charge in [0.25, 0.3) is 0 Å². The summed E-state index contributed by atoms with van der Waals surface area (Å²) in [6, 6.07) is 51.4. The summed E-state index contributed by atoms with van der Waals surface area (Å²) in [5, 5.41) is 0. The van der Waals surface area contributed by atoms with Gasteiger partial charge in [-0.3, -0.25) is 0 Å². The maximum absolute atomic E-state index is 6.37. The highest BCUT2D eigenvalue weighted by Crippen LogP contribution is 2.49. The molecule has 1 atom stereocenters. The van der Waals surface area contributed by atoms with Gasteiger partial charge in [0.05, 0.1) is 41.4 Å². The number of para-hydroxylation sites is 2. The van der Waals surface area contributed by atoms with E-state index in [1.165, 1.54) is 22.3 Å². The van der Waals surface area contributed by atoms with Crippen molar-refractivity contribution in [2.45, 2.75) is 17.4 Å². The summed E-state index contributed by atoms with van der Waals surface area (Å²) in [5.41, 5.74) is 7.09. The van der Waals surface area contributed by atoms with Gasteiger partial charge in [-0.25, -0.2) is 4.98 Å². The SMILES string of the molecule is c1ccc(COCC(CSC(c2ccccc2)(c2ccccc2)c2ccccc2)n2cnc3ccccc32)cc1. The monoisotopic (exact) mass is 540 g/mol. The van der Waals surface area contributed by atoms with Crippen LogP contribution in [0.2, 0.25) is 0 Å². The number of aromatic nitrogens is 2. The summed E-state index contributed by atoms with van der Waals surface area (Å²) >= 11 is 1.96. The van der Waals surface area contributed by atoms with Crippen LogP contribution >= 0.6 is 11.8 Å². The maximum atomic E-state index is 6.37. The lowest BCUT2D eigenvalue weighted by molar-refractivity contribution is 0.0969. The molecule has 0 saturated carbocycles. The first-order chi connectivity index (χ1) is 19.8. The Morgan fingerprint density at radius 3 is 1.70 bits per heavy atom. The Morgan fingerprint density at radius 1 is 0.625 bits per heavy atom. The topological polar surface area (TPSA) is 27.1 Å². The second-order valence-corrected chi connectivity index (χ2v) is 11.1. The number of nitrogens with zero attached hydrogens (tertiary/aromatic N) is 2. The zero-order chi connectivity index (χ0) is 27.0. The predicted octanol–water partition coefficient (Wildman–Crippen LogP) is 8.52. The summed E-state index contributed by atoms with van der Waals surface area (Å²) in [5.74, 6) is 0.827. The maximum Gasteiger partial charge on any atom is 0.0962 e. The largest absolute Gasteiger partial charge is 0.375 e. The molecule has 5 aromatic carbocycles. The Balaban J connectivity index is 1.39. The Kier molecular flexibility index (Phi) is 8.08. The molecule has 40 heavy (non-hydrogen) atoms. The number of thioether (sulfide) groups is 1. The second kappa shape index (κ2) is 12.4. The van der Waals surface area contributed by atoms with Crippen molar-refractivity contribution in [3.05, 3.63) is 174 Å². The predicted molar refractivity (Wildman–Crippen MR) is 167 cm³/mol. The average Bonchev–Trinajstić information content (AvgIpc) is 3.47. The molecule has 0 aliphatic heterocycles. The van der Waals surface area contributed by atoms with Gasteiger partial charge < -0.3 is 9.30 Å². The minimum absolute atomic E-state index is 0.0802. The highest BCUT2D eigenvalue weighted by atomic mass is 32.2. The van der Waals surface area contributed by atoms with Gasteiger partial charge in [0, 0.05) is 5.75 Å². The van der Waals surface area contributed by atoms with Crippen LogP contribution in [0.4, 0.5) is 0 Å². The lowest BCUT2D eigenvalue weighted by atomic mass is 9.84. The standard InChI is InChI=1S/C36H32N2OS/c1-5-15-29(16-6-1)25-39-26-33(38-28-37-34-23-13-14-24-35(34)38)27-40-36(30-17-7-2-8-18-30,31-19-9-3-10-20-31)32-21-11-4-12-22-32/h1-24,28,33H,25-27H2. The summed E-state index contributed by atoms with van der Waals surface area (Å²) in [4.78, 5) is 4.72.